The quantitative estimate of drug-likeness (QED) is 0.745. The minimum absolute atomic E-state index is 0.0411. The van der Waals surface area contributed by atoms with Crippen LogP contribution in [0.5, 0.6) is 0 Å². The van der Waals surface area contributed by atoms with E-state index in [1.165, 1.54) is 15.4 Å². The second kappa shape index (κ2) is 9.94. The summed E-state index contributed by atoms with van der Waals surface area (Å²) in [4.78, 5) is 15.0. The average molecular weight is 444 g/mol. The lowest BCUT2D eigenvalue weighted by molar-refractivity contribution is -0.122. The van der Waals surface area contributed by atoms with E-state index in [1.54, 1.807) is 12.1 Å². The van der Waals surface area contributed by atoms with Crippen LogP contribution in [0.4, 0.5) is 0 Å². The number of nitrogens with one attached hydrogen (secondary N) is 1. The number of carbonyl (C=O) groups is 1. The van der Waals surface area contributed by atoms with Gasteiger partial charge in [-0.3, -0.25) is 9.69 Å². The van der Waals surface area contributed by atoms with Crippen molar-refractivity contribution in [2.75, 3.05) is 32.7 Å². The topological polar surface area (TPSA) is 69.7 Å². The van der Waals surface area contributed by atoms with Gasteiger partial charge in [0.15, 0.2) is 0 Å². The Labute approximate surface area is 186 Å². The van der Waals surface area contributed by atoms with Gasteiger partial charge in [-0.15, -0.1) is 0 Å². The van der Waals surface area contributed by atoms with Gasteiger partial charge in [0, 0.05) is 19.6 Å². The van der Waals surface area contributed by atoms with E-state index in [0.717, 1.165) is 11.1 Å². The number of rotatable bonds is 6. The van der Waals surface area contributed by atoms with E-state index in [9.17, 15) is 13.2 Å². The fraction of sp³-hybridized carbons (Fsp3) is 0.458. The minimum atomic E-state index is -3.51. The molecule has 1 saturated heterocycles. The monoisotopic (exact) mass is 443 g/mol. The molecule has 0 radical (unpaired) electrons. The molecule has 0 bridgehead atoms. The predicted octanol–water partition coefficient (Wildman–Crippen LogP) is 3.19. The van der Waals surface area contributed by atoms with Crippen LogP contribution in [0.3, 0.4) is 0 Å². The summed E-state index contributed by atoms with van der Waals surface area (Å²) in [6, 6.07) is 13.1. The number of hydrogen-bond donors (Lipinski definition) is 1. The predicted molar refractivity (Wildman–Crippen MR) is 123 cm³/mol. The van der Waals surface area contributed by atoms with E-state index in [4.69, 9.17) is 0 Å². The molecule has 31 heavy (non-hydrogen) atoms. The standard InChI is InChI=1S/C24H33N3O3S/c1-18-6-10-23(11-7-18)31(29,30)27-13-5-12-26(14-15-27)17-24(28)25-21(4)22-9-8-19(2)20(3)16-22/h6-11,16,21H,5,12-15,17H2,1-4H3,(H,25,28). The number of amides is 1. The molecule has 2 aromatic rings. The van der Waals surface area contributed by atoms with Crippen molar-refractivity contribution in [2.24, 2.45) is 0 Å². The first-order valence-electron chi connectivity index (χ1n) is 10.8. The van der Waals surface area contributed by atoms with E-state index >= 15 is 0 Å². The molecule has 6 nitrogen and oxygen atoms in total. The second-order valence-corrected chi connectivity index (χ2v) is 10.4. The summed E-state index contributed by atoms with van der Waals surface area (Å²) < 4.78 is 27.5. The zero-order valence-corrected chi connectivity index (χ0v) is 19.7. The fourth-order valence-electron chi connectivity index (χ4n) is 3.81. The lowest BCUT2D eigenvalue weighted by atomic mass is 10.0. The van der Waals surface area contributed by atoms with E-state index in [1.807, 2.05) is 36.9 Å². The van der Waals surface area contributed by atoms with Crippen LogP contribution in [0.1, 0.15) is 41.6 Å². The van der Waals surface area contributed by atoms with Crippen molar-refractivity contribution in [1.82, 2.24) is 14.5 Å². The summed E-state index contributed by atoms with van der Waals surface area (Å²) in [5, 5.41) is 3.07. The van der Waals surface area contributed by atoms with Crippen LogP contribution in [0.15, 0.2) is 47.4 Å². The number of carbonyl (C=O) groups excluding carboxylic acids is 1. The highest BCUT2D eigenvalue weighted by Crippen LogP contribution is 2.19. The smallest absolute Gasteiger partial charge is 0.243 e. The molecule has 0 aliphatic carbocycles. The van der Waals surface area contributed by atoms with Gasteiger partial charge in [-0.05, 0) is 69.5 Å². The normalized spacial score (nSPS) is 17.2. The van der Waals surface area contributed by atoms with Crippen molar-refractivity contribution in [3.8, 4) is 0 Å². The Morgan fingerprint density at radius 2 is 1.68 bits per heavy atom. The lowest BCUT2D eigenvalue weighted by Gasteiger charge is -2.22. The van der Waals surface area contributed by atoms with Crippen LogP contribution in [0, 0.1) is 20.8 Å². The van der Waals surface area contributed by atoms with E-state index in [0.29, 0.717) is 37.5 Å². The molecule has 3 rings (SSSR count). The third-order valence-electron chi connectivity index (χ3n) is 5.98. The number of benzene rings is 2. The molecular weight excluding hydrogens is 410 g/mol. The van der Waals surface area contributed by atoms with E-state index < -0.39 is 10.0 Å². The summed E-state index contributed by atoms with van der Waals surface area (Å²) >= 11 is 0. The summed E-state index contributed by atoms with van der Waals surface area (Å²) in [7, 11) is -3.51. The van der Waals surface area contributed by atoms with Gasteiger partial charge in [0.05, 0.1) is 17.5 Å². The third-order valence-corrected chi connectivity index (χ3v) is 7.89. The fourth-order valence-corrected chi connectivity index (χ4v) is 5.28. The SMILES string of the molecule is Cc1ccc(S(=O)(=O)N2CCCN(CC(=O)NC(C)c3ccc(C)c(C)c3)CC2)cc1. The van der Waals surface area contributed by atoms with Gasteiger partial charge in [0.1, 0.15) is 0 Å². The molecule has 1 atom stereocenters. The highest BCUT2D eigenvalue weighted by atomic mass is 32.2. The van der Waals surface area contributed by atoms with Crippen molar-refractivity contribution in [1.29, 1.82) is 0 Å². The first-order valence-corrected chi connectivity index (χ1v) is 12.3. The first-order chi connectivity index (χ1) is 14.7. The molecule has 1 N–H and O–H groups in total. The molecule has 7 heteroatoms. The molecule has 2 aromatic carbocycles. The number of aryl methyl sites for hydroxylation is 3. The molecule has 0 aromatic heterocycles. The Morgan fingerprint density at radius 3 is 2.35 bits per heavy atom. The minimum Gasteiger partial charge on any atom is -0.348 e. The van der Waals surface area contributed by atoms with E-state index in [-0.39, 0.29) is 18.5 Å². The van der Waals surface area contributed by atoms with E-state index in [2.05, 4.69) is 31.3 Å². The van der Waals surface area contributed by atoms with Crippen LogP contribution >= 0.6 is 0 Å². The lowest BCUT2D eigenvalue weighted by Crippen LogP contribution is -2.40. The average Bonchev–Trinajstić information content (AvgIpc) is 2.96. The maximum atomic E-state index is 13.0. The van der Waals surface area contributed by atoms with Gasteiger partial charge in [-0.25, -0.2) is 8.42 Å². The Kier molecular flexibility index (Phi) is 7.51. The van der Waals surface area contributed by atoms with Crippen LogP contribution < -0.4 is 5.32 Å². The number of hydrogen-bond acceptors (Lipinski definition) is 4. The summed E-state index contributed by atoms with van der Waals surface area (Å²) in [5.74, 6) is -0.0411. The van der Waals surface area contributed by atoms with Crippen molar-refractivity contribution < 1.29 is 13.2 Å². The second-order valence-electron chi connectivity index (χ2n) is 8.48. The van der Waals surface area contributed by atoms with Crippen LogP contribution in [0.25, 0.3) is 0 Å². The summed E-state index contributed by atoms with van der Waals surface area (Å²) in [6.07, 6.45) is 0.699. The maximum Gasteiger partial charge on any atom is 0.243 e. The molecule has 1 fully saturated rings. The van der Waals surface area contributed by atoms with Gasteiger partial charge in [-0.2, -0.15) is 4.31 Å². The van der Waals surface area contributed by atoms with Gasteiger partial charge < -0.3 is 5.32 Å². The zero-order chi connectivity index (χ0) is 22.6. The largest absolute Gasteiger partial charge is 0.348 e. The number of sulfonamides is 1. The summed E-state index contributed by atoms with van der Waals surface area (Å²) in [5.41, 5.74) is 4.56. The Hall–Kier alpha value is -2.22. The van der Waals surface area contributed by atoms with Gasteiger partial charge in [-0.1, -0.05) is 35.9 Å². The molecule has 1 heterocycles. The van der Waals surface area contributed by atoms with Crippen LogP contribution in [0.2, 0.25) is 0 Å². The van der Waals surface area contributed by atoms with Gasteiger partial charge in [0.2, 0.25) is 15.9 Å². The molecule has 1 aliphatic heterocycles. The van der Waals surface area contributed by atoms with Gasteiger partial charge >= 0.3 is 0 Å². The van der Waals surface area contributed by atoms with Crippen molar-refractivity contribution in [2.45, 2.75) is 45.1 Å². The highest BCUT2D eigenvalue weighted by molar-refractivity contribution is 7.89. The zero-order valence-electron chi connectivity index (χ0n) is 18.9. The number of nitrogens with zero attached hydrogens (tertiary/aromatic N) is 2. The summed E-state index contributed by atoms with van der Waals surface area (Å²) in [6.45, 7) is 10.4. The Balaban J connectivity index is 1.56. The van der Waals surface area contributed by atoms with Crippen LogP contribution in [-0.2, 0) is 14.8 Å². The molecule has 1 aliphatic rings. The van der Waals surface area contributed by atoms with Crippen molar-refractivity contribution in [3.05, 3.63) is 64.7 Å². The molecule has 1 amide bonds. The molecule has 168 valence electrons. The van der Waals surface area contributed by atoms with Crippen molar-refractivity contribution >= 4 is 15.9 Å². The van der Waals surface area contributed by atoms with Crippen molar-refractivity contribution in [3.63, 3.8) is 0 Å². The maximum absolute atomic E-state index is 13.0. The first kappa shape index (κ1) is 23.4. The van der Waals surface area contributed by atoms with Gasteiger partial charge in [0.25, 0.3) is 0 Å². The molecule has 0 spiro atoms. The molecular formula is C24H33N3O3S. The molecule has 1 unspecified atom stereocenters. The molecule has 0 saturated carbocycles. The Bertz CT molecular complexity index is 1020. The third kappa shape index (κ3) is 5.93. The van der Waals surface area contributed by atoms with Crippen LogP contribution in [-0.4, -0.2) is 56.3 Å². The highest BCUT2D eigenvalue weighted by Gasteiger charge is 2.27. The Morgan fingerprint density at radius 1 is 0.968 bits per heavy atom.